The second-order valence-corrected chi connectivity index (χ2v) is 9.15. The van der Waals surface area contributed by atoms with Gasteiger partial charge in [-0.1, -0.05) is 43.6 Å². The highest BCUT2D eigenvalue weighted by Crippen LogP contribution is 2.25. The Labute approximate surface area is 153 Å². The smallest absolute Gasteiger partial charge is 0.263 e. The molecule has 0 aliphatic rings. The van der Waals surface area contributed by atoms with Crippen molar-refractivity contribution in [2.24, 2.45) is 0 Å². The molecule has 0 aliphatic heterocycles. The molecule has 136 valence electrons. The van der Waals surface area contributed by atoms with Crippen molar-refractivity contribution in [2.75, 3.05) is 17.8 Å². The normalized spacial score (nSPS) is 12.3. The Kier molecular flexibility index (Phi) is 6.10. The third-order valence-corrected chi connectivity index (χ3v) is 7.48. The highest BCUT2D eigenvalue weighted by molar-refractivity contribution is 7.92. The lowest BCUT2D eigenvalue weighted by atomic mass is 10.3. The third-order valence-electron chi connectivity index (χ3n) is 3.56. The van der Waals surface area contributed by atoms with Crippen molar-refractivity contribution >= 4 is 37.3 Å². The number of hydrogen-bond acceptors (Lipinski definition) is 4. The Balaban J connectivity index is 2.39. The van der Waals surface area contributed by atoms with E-state index in [9.17, 15) is 16.8 Å². The van der Waals surface area contributed by atoms with Crippen molar-refractivity contribution in [3.8, 4) is 0 Å². The summed E-state index contributed by atoms with van der Waals surface area (Å²) < 4.78 is 53.7. The van der Waals surface area contributed by atoms with E-state index in [0.717, 1.165) is 0 Å². The molecule has 0 fully saturated rings. The zero-order valence-electron chi connectivity index (χ0n) is 13.8. The molecule has 6 nitrogen and oxygen atoms in total. The van der Waals surface area contributed by atoms with Crippen molar-refractivity contribution in [1.29, 1.82) is 0 Å². The molecule has 9 heteroatoms. The molecule has 0 spiro atoms. The molecule has 0 heterocycles. The average Bonchev–Trinajstić information content (AvgIpc) is 2.55. The Morgan fingerprint density at radius 3 is 2.20 bits per heavy atom. The number of nitrogens with zero attached hydrogens (tertiary/aromatic N) is 1. The van der Waals surface area contributed by atoms with E-state index in [2.05, 4.69) is 4.72 Å². The molecule has 25 heavy (non-hydrogen) atoms. The van der Waals surface area contributed by atoms with Gasteiger partial charge in [0.15, 0.2) is 0 Å². The van der Waals surface area contributed by atoms with Crippen LogP contribution in [-0.4, -0.2) is 34.2 Å². The molecule has 1 N–H and O–H groups in total. The molecule has 0 unspecified atom stereocenters. The first-order valence-electron chi connectivity index (χ1n) is 7.60. The van der Waals surface area contributed by atoms with Crippen LogP contribution in [0.1, 0.15) is 13.8 Å². The standard InChI is InChI=1S/C16H19ClN2O4S2/c1-3-19(4-2)25(22,23)14-9-7-8-13(12-14)18-24(20,21)16-11-6-5-10-15(16)17/h5-12,18H,3-4H2,1-2H3. The summed E-state index contributed by atoms with van der Waals surface area (Å²) in [6, 6.07) is 11.7. The minimum atomic E-state index is -3.93. The highest BCUT2D eigenvalue weighted by atomic mass is 35.5. The molecular weight excluding hydrogens is 384 g/mol. The van der Waals surface area contributed by atoms with Crippen molar-refractivity contribution < 1.29 is 16.8 Å². The molecule has 0 amide bonds. The summed E-state index contributed by atoms with van der Waals surface area (Å²) in [6.07, 6.45) is 0. The summed E-state index contributed by atoms with van der Waals surface area (Å²) in [6.45, 7) is 4.14. The summed E-state index contributed by atoms with van der Waals surface area (Å²) in [5.74, 6) is 0. The van der Waals surface area contributed by atoms with E-state index in [1.807, 2.05) is 0 Å². The van der Waals surface area contributed by atoms with E-state index >= 15 is 0 Å². The van der Waals surface area contributed by atoms with Crippen LogP contribution in [0.5, 0.6) is 0 Å². The number of nitrogens with one attached hydrogen (secondary N) is 1. The molecule has 0 aliphatic carbocycles. The van der Waals surface area contributed by atoms with Gasteiger partial charge in [0.2, 0.25) is 10.0 Å². The first kappa shape index (κ1) is 19.7. The number of rotatable bonds is 7. The zero-order chi connectivity index (χ0) is 18.7. The van der Waals surface area contributed by atoms with E-state index in [0.29, 0.717) is 13.1 Å². The van der Waals surface area contributed by atoms with E-state index in [4.69, 9.17) is 11.6 Å². The van der Waals surface area contributed by atoms with Gasteiger partial charge in [0.05, 0.1) is 15.6 Å². The predicted octanol–water partition coefficient (Wildman–Crippen LogP) is 3.17. The van der Waals surface area contributed by atoms with Crippen LogP contribution in [0.2, 0.25) is 5.02 Å². The highest BCUT2D eigenvalue weighted by Gasteiger charge is 2.23. The number of sulfonamides is 2. The second-order valence-electron chi connectivity index (χ2n) is 5.15. The first-order valence-corrected chi connectivity index (χ1v) is 10.9. The largest absolute Gasteiger partial charge is 0.280 e. The van der Waals surface area contributed by atoms with E-state index in [-0.39, 0.29) is 20.5 Å². The predicted molar refractivity (Wildman–Crippen MR) is 98.8 cm³/mol. The SMILES string of the molecule is CCN(CC)S(=O)(=O)c1cccc(NS(=O)(=O)c2ccccc2Cl)c1. The lowest BCUT2D eigenvalue weighted by Gasteiger charge is -2.19. The Bertz CT molecular complexity index is 956. The van der Waals surface area contributed by atoms with Crippen LogP contribution in [0.4, 0.5) is 5.69 Å². The summed E-state index contributed by atoms with van der Waals surface area (Å²) in [5, 5.41) is 0.0851. The molecule has 0 atom stereocenters. The van der Waals surface area contributed by atoms with Gasteiger partial charge in [0, 0.05) is 13.1 Å². The van der Waals surface area contributed by atoms with E-state index in [1.54, 1.807) is 26.0 Å². The van der Waals surface area contributed by atoms with Gasteiger partial charge in [0.1, 0.15) is 4.90 Å². The number of hydrogen-bond donors (Lipinski definition) is 1. The zero-order valence-corrected chi connectivity index (χ0v) is 16.2. The van der Waals surface area contributed by atoms with Gasteiger partial charge in [-0.2, -0.15) is 4.31 Å². The first-order chi connectivity index (χ1) is 11.7. The maximum absolute atomic E-state index is 12.6. The Morgan fingerprint density at radius 2 is 1.60 bits per heavy atom. The molecular formula is C16H19ClN2O4S2. The monoisotopic (exact) mass is 402 g/mol. The molecule has 0 bridgehead atoms. The summed E-state index contributed by atoms with van der Waals surface area (Å²) >= 11 is 5.94. The van der Waals surface area contributed by atoms with Crippen molar-refractivity contribution in [2.45, 2.75) is 23.6 Å². The van der Waals surface area contributed by atoms with E-state index < -0.39 is 20.0 Å². The van der Waals surface area contributed by atoms with Crippen LogP contribution in [0, 0.1) is 0 Å². The van der Waals surface area contributed by atoms with Gasteiger partial charge >= 0.3 is 0 Å². The number of halogens is 1. The average molecular weight is 403 g/mol. The van der Waals surface area contributed by atoms with Gasteiger partial charge in [-0.25, -0.2) is 16.8 Å². The van der Waals surface area contributed by atoms with Crippen LogP contribution in [0.25, 0.3) is 0 Å². The minimum Gasteiger partial charge on any atom is -0.280 e. The van der Waals surface area contributed by atoms with Crippen molar-refractivity contribution in [1.82, 2.24) is 4.31 Å². The second kappa shape index (κ2) is 7.74. The van der Waals surface area contributed by atoms with Crippen molar-refractivity contribution in [3.63, 3.8) is 0 Å². The molecule has 0 saturated carbocycles. The summed E-state index contributed by atoms with van der Waals surface area (Å²) in [7, 11) is -7.61. The lowest BCUT2D eigenvalue weighted by molar-refractivity contribution is 0.445. The van der Waals surface area contributed by atoms with Gasteiger partial charge < -0.3 is 0 Å². The van der Waals surface area contributed by atoms with Gasteiger partial charge in [-0.15, -0.1) is 0 Å². The molecule has 2 aromatic carbocycles. The quantitative estimate of drug-likeness (QED) is 0.770. The topological polar surface area (TPSA) is 83.6 Å². The van der Waals surface area contributed by atoms with Crippen LogP contribution in [-0.2, 0) is 20.0 Å². The molecule has 2 aromatic rings. The maximum Gasteiger partial charge on any atom is 0.263 e. The van der Waals surface area contributed by atoms with Crippen LogP contribution >= 0.6 is 11.6 Å². The molecule has 0 radical (unpaired) electrons. The van der Waals surface area contributed by atoms with Gasteiger partial charge in [-0.3, -0.25) is 4.72 Å². The molecule has 0 aromatic heterocycles. The fraction of sp³-hybridized carbons (Fsp3) is 0.250. The Morgan fingerprint density at radius 1 is 0.960 bits per heavy atom. The third kappa shape index (κ3) is 4.33. The van der Waals surface area contributed by atoms with Crippen LogP contribution in [0.3, 0.4) is 0 Å². The lowest BCUT2D eigenvalue weighted by Crippen LogP contribution is -2.30. The minimum absolute atomic E-state index is 0.0237. The van der Waals surface area contributed by atoms with E-state index in [1.165, 1.54) is 40.7 Å². The maximum atomic E-state index is 12.6. The van der Waals surface area contributed by atoms with Gasteiger partial charge in [0.25, 0.3) is 10.0 Å². The van der Waals surface area contributed by atoms with Crippen molar-refractivity contribution in [3.05, 3.63) is 53.6 Å². The van der Waals surface area contributed by atoms with Gasteiger partial charge in [-0.05, 0) is 30.3 Å². The molecule has 2 rings (SSSR count). The summed E-state index contributed by atoms with van der Waals surface area (Å²) in [5.41, 5.74) is 0.146. The fourth-order valence-corrected chi connectivity index (χ4v) is 5.38. The van der Waals surface area contributed by atoms with Crippen LogP contribution in [0.15, 0.2) is 58.3 Å². The Hall–Kier alpha value is -1.61. The summed E-state index contributed by atoms with van der Waals surface area (Å²) in [4.78, 5) is -0.0516. The van der Waals surface area contributed by atoms with Crippen LogP contribution < -0.4 is 4.72 Å². The number of benzene rings is 2. The molecule has 0 saturated heterocycles. The fourth-order valence-electron chi connectivity index (χ4n) is 2.31. The number of anilines is 1.